The molecule has 1 aliphatic carbocycles. The highest BCUT2D eigenvalue weighted by atomic mass is 32.2. The lowest BCUT2D eigenvalue weighted by atomic mass is 9.82. The number of rotatable bonds is 15. The van der Waals surface area contributed by atoms with Crippen molar-refractivity contribution in [3.8, 4) is 5.75 Å². The van der Waals surface area contributed by atoms with E-state index < -0.39 is 150 Å². The van der Waals surface area contributed by atoms with Gasteiger partial charge in [-0.15, -0.1) is 0 Å². The van der Waals surface area contributed by atoms with E-state index in [2.05, 4.69) is 10.2 Å². The normalized spacial score (nSPS) is 36.9. The number of hydrogen-bond donors (Lipinski definition) is 8. The first kappa shape index (κ1) is 60.6. The lowest BCUT2D eigenvalue weighted by molar-refractivity contribution is -0.342. The molecule has 5 fully saturated rings. The van der Waals surface area contributed by atoms with E-state index in [1.54, 1.807) is 13.0 Å². The number of aliphatic hydroxyl groups excluding tert-OH is 8. The van der Waals surface area contributed by atoms with Crippen molar-refractivity contribution < 1.29 is 114 Å². The summed E-state index contributed by atoms with van der Waals surface area (Å²) >= 11 is 0. The molecule has 0 aromatic heterocycles. The van der Waals surface area contributed by atoms with Crippen LogP contribution in [0.5, 0.6) is 5.75 Å². The molecule has 75 heavy (non-hydrogen) atoms. The van der Waals surface area contributed by atoms with Gasteiger partial charge in [-0.25, -0.2) is 0 Å². The van der Waals surface area contributed by atoms with Crippen LogP contribution in [0.3, 0.4) is 0 Å². The summed E-state index contributed by atoms with van der Waals surface area (Å²) in [5.74, 6) is -2.15. The molecule has 1 saturated carbocycles. The molecule has 7 rings (SSSR count). The second-order valence-electron chi connectivity index (χ2n) is 19.8. The Labute approximate surface area is 432 Å². The summed E-state index contributed by atoms with van der Waals surface area (Å²) in [6.45, 7) is 6.50. The van der Waals surface area contributed by atoms with Crippen molar-refractivity contribution in [3.63, 3.8) is 0 Å². The van der Waals surface area contributed by atoms with Gasteiger partial charge in [-0.2, -0.15) is 21.6 Å². The molecule has 0 spiro atoms. The van der Waals surface area contributed by atoms with Crippen LogP contribution in [-0.4, -0.2) is 178 Å². The Morgan fingerprint density at radius 2 is 1.24 bits per heavy atom. The monoisotopic (exact) mass is 1100 g/mol. The number of alkyl halides is 3. The molecule has 4 aliphatic heterocycles. The maximum Gasteiger partial charge on any atom is 0.534 e. The number of aliphatic hydroxyl groups is 8. The minimum absolute atomic E-state index is 0.0709. The first-order valence-electron chi connectivity index (χ1n) is 25.1. The zero-order valence-electron chi connectivity index (χ0n) is 42.2. The first-order chi connectivity index (χ1) is 35.4. The van der Waals surface area contributed by atoms with E-state index in [9.17, 15) is 72.0 Å². The van der Waals surface area contributed by atoms with Gasteiger partial charge in [-0.1, -0.05) is 76.4 Å². The molecule has 0 radical (unpaired) electrons. The largest absolute Gasteiger partial charge is 0.534 e. The molecule has 8 N–H and O–H groups in total. The fraction of sp³-hybridized carbons (Fsp3) is 0.720. The van der Waals surface area contributed by atoms with Crippen LogP contribution in [0.2, 0.25) is 0 Å². The Kier molecular flexibility index (Phi) is 21.3. The van der Waals surface area contributed by atoms with Gasteiger partial charge in [-0.3, -0.25) is 9.59 Å². The summed E-state index contributed by atoms with van der Waals surface area (Å²) in [6.07, 6.45) is -13.6. The molecule has 4 heterocycles. The predicted molar refractivity (Wildman–Crippen MR) is 252 cm³/mol. The third-order valence-electron chi connectivity index (χ3n) is 14.4. The van der Waals surface area contributed by atoms with E-state index in [1.165, 1.54) is 45.2 Å². The van der Waals surface area contributed by atoms with Crippen LogP contribution in [0.15, 0.2) is 48.5 Å². The average molecular weight is 1100 g/mol. The van der Waals surface area contributed by atoms with Gasteiger partial charge in [-0.05, 0) is 60.4 Å². The zero-order chi connectivity index (χ0) is 55.1. The zero-order valence-corrected chi connectivity index (χ0v) is 43.0. The molecule has 0 amide bonds. The molecule has 2 aromatic rings. The third kappa shape index (κ3) is 14.7. The second-order valence-corrected chi connectivity index (χ2v) is 21.3. The van der Waals surface area contributed by atoms with Crippen LogP contribution in [0.25, 0.3) is 0 Å². The molecule has 19 atom stereocenters. The van der Waals surface area contributed by atoms with Crippen molar-refractivity contribution in [2.75, 3.05) is 19.8 Å². The van der Waals surface area contributed by atoms with E-state index in [4.69, 9.17) is 37.9 Å². The van der Waals surface area contributed by atoms with Gasteiger partial charge in [0, 0.05) is 25.7 Å². The molecule has 2 aromatic carbocycles. The molecule has 4 saturated heterocycles. The highest BCUT2D eigenvalue weighted by Gasteiger charge is 2.53. The summed E-state index contributed by atoms with van der Waals surface area (Å²) in [4.78, 5) is 23.4. The van der Waals surface area contributed by atoms with Crippen molar-refractivity contribution in [3.05, 3.63) is 65.2 Å². The standard InChI is InChI=1S/C26H35F3O11S.C24H36O10/c1-6-18-10-13(2)22(36-16(5)31)25(37-18)39-23-14(3)20(12-35-15(4)30)38-24(21(23)32)17-8-7-9-19(11-17)40-41(33,34)26(27,28)29;25-10-15-17(27)19(29)20(30)24(33-15)34-23-18(28)16(11-26)32-22(21(23)31)14-8-4-7-13(9-14)12-5-2-1-3-6-12/h7-9,11,13-14,18,20-25,32H,6,10,12H2,1-5H3;4,7-9,12,15-31H,1-3,5-6,10-11H2/t13-,14+,18+,20+,21-,22-,23-,24+,25+;15-,16-,17-,18-,19+,20+,21-,22-,23+,24-/m01/s1. The number of esters is 2. The molecule has 0 bridgehead atoms. The van der Waals surface area contributed by atoms with Crippen LogP contribution < -0.4 is 4.18 Å². The first-order valence-corrected chi connectivity index (χ1v) is 26.5. The molecule has 0 unspecified atom stereocenters. The summed E-state index contributed by atoms with van der Waals surface area (Å²) in [7, 11) is -5.95. The van der Waals surface area contributed by atoms with Gasteiger partial charge in [0.15, 0.2) is 18.7 Å². The fourth-order valence-corrected chi connectivity index (χ4v) is 10.6. The Morgan fingerprint density at radius 3 is 1.84 bits per heavy atom. The van der Waals surface area contributed by atoms with Gasteiger partial charge in [0.2, 0.25) is 0 Å². The van der Waals surface area contributed by atoms with Gasteiger partial charge >= 0.3 is 27.6 Å². The SMILES string of the molecule is CC[C@@H]1C[C@H](C)[C@H](OC(C)=O)[C@@H](O[C@H]2[C@H](C)[C@@H](COC(C)=O)O[C@H](c3cccc(OS(=O)(=O)C(F)(F)F)c3)[C@H]2O)O1.OC[C@H]1O[C@H](O[C@@H]2[C@H](O)[C@@H](c3cccc(C4CCCCC4)c3)O[C@H](CO)[C@H]2O)[C@@H](O)[C@@H](O)[C@@H]1O. The van der Waals surface area contributed by atoms with Crippen molar-refractivity contribution in [1.29, 1.82) is 0 Å². The fourth-order valence-electron chi connectivity index (χ4n) is 10.2. The van der Waals surface area contributed by atoms with Crippen LogP contribution in [0.1, 0.15) is 114 Å². The third-order valence-corrected chi connectivity index (χ3v) is 15.3. The molecule has 21 nitrogen and oxygen atoms in total. The van der Waals surface area contributed by atoms with Gasteiger partial charge in [0.25, 0.3) is 0 Å². The molecule has 5 aliphatic rings. The van der Waals surface area contributed by atoms with Crippen molar-refractivity contribution >= 4 is 22.1 Å². The van der Waals surface area contributed by atoms with Crippen LogP contribution >= 0.6 is 0 Å². The highest BCUT2D eigenvalue weighted by Crippen LogP contribution is 2.42. The number of carbonyl (C=O) groups is 2. The molecule has 424 valence electrons. The average Bonchev–Trinajstić information content (AvgIpc) is 3.37. The smallest absolute Gasteiger partial charge is 0.463 e. The van der Waals surface area contributed by atoms with Crippen LogP contribution in [0, 0.1) is 11.8 Å². The maximum absolute atomic E-state index is 12.9. The number of halogens is 3. The molecule has 25 heteroatoms. The summed E-state index contributed by atoms with van der Waals surface area (Å²) in [5.41, 5.74) is -3.77. The van der Waals surface area contributed by atoms with Gasteiger partial charge < -0.3 is 82.9 Å². The topological polar surface area (TPSA) is 313 Å². The van der Waals surface area contributed by atoms with E-state index in [-0.39, 0.29) is 24.2 Å². The number of hydrogen-bond acceptors (Lipinski definition) is 21. The summed E-state index contributed by atoms with van der Waals surface area (Å²) in [6, 6.07) is 12.3. The summed E-state index contributed by atoms with van der Waals surface area (Å²) < 4.78 is 112. The number of benzene rings is 2. The predicted octanol–water partition coefficient (Wildman–Crippen LogP) is 2.47. The van der Waals surface area contributed by atoms with Crippen LogP contribution in [-0.2, 0) is 57.6 Å². The lowest BCUT2D eigenvalue weighted by Gasteiger charge is -2.47. The number of ether oxygens (including phenoxy) is 8. The molecular weight excluding hydrogens is 1030 g/mol. The number of carbonyl (C=O) groups excluding carboxylic acids is 2. The Bertz CT molecular complexity index is 2270. The highest BCUT2D eigenvalue weighted by molar-refractivity contribution is 7.88. The van der Waals surface area contributed by atoms with E-state index >= 15 is 0 Å². The second kappa shape index (κ2) is 26.3. The lowest BCUT2D eigenvalue weighted by Crippen LogP contribution is -2.63. The van der Waals surface area contributed by atoms with Crippen molar-refractivity contribution in [2.24, 2.45) is 11.8 Å². The maximum atomic E-state index is 12.9. The Morgan fingerprint density at radius 1 is 0.667 bits per heavy atom. The van der Waals surface area contributed by atoms with Gasteiger partial charge in [0.1, 0.15) is 79.5 Å². The minimum atomic E-state index is -5.95. The van der Waals surface area contributed by atoms with E-state index in [0.717, 1.165) is 30.5 Å². The van der Waals surface area contributed by atoms with E-state index in [1.807, 2.05) is 26.0 Å². The Balaban J connectivity index is 0.000000248. The van der Waals surface area contributed by atoms with Crippen molar-refractivity contribution in [2.45, 2.75) is 195 Å². The Hall–Kier alpha value is -3.64. The quantitative estimate of drug-likeness (QED) is 0.0722. The van der Waals surface area contributed by atoms with Crippen molar-refractivity contribution in [1.82, 2.24) is 0 Å². The van der Waals surface area contributed by atoms with E-state index in [0.29, 0.717) is 24.3 Å². The van der Waals surface area contributed by atoms with Crippen LogP contribution in [0.4, 0.5) is 13.2 Å². The molecular formula is C50H71F3O21S. The minimum Gasteiger partial charge on any atom is -0.463 e. The summed E-state index contributed by atoms with van der Waals surface area (Å²) in [5, 5.41) is 82.8. The van der Waals surface area contributed by atoms with Gasteiger partial charge in [0.05, 0.1) is 31.5 Å².